The summed E-state index contributed by atoms with van der Waals surface area (Å²) in [5.41, 5.74) is 5.45. The van der Waals surface area contributed by atoms with Gasteiger partial charge < -0.3 is 14.7 Å². The fourth-order valence-corrected chi connectivity index (χ4v) is 3.82. The third-order valence-electron chi connectivity index (χ3n) is 1.99. The van der Waals surface area contributed by atoms with Crippen LogP contribution in [0.3, 0.4) is 0 Å². The first-order valence-corrected chi connectivity index (χ1v) is 5.66. The molecule has 60 valence electrons. The van der Waals surface area contributed by atoms with Crippen molar-refractivity contribution in [3.05, 3.63) is 0 Å². The highest BCUT2D eigenvalue weighted by Gasteiger charge is 2.25. The number of nitrogens with two attached hydrogens (primary N) is 1. The highest BCUT2D eigenvalue weighted by atomic mass is 28.3. The minimum atomic E-state index is -0.939. The number of rotatable bonds is 3. The molecule has 10 heavy (non-hydrogen) atoms. The Hall–Kier alpha value is 0.0969. The largest absolute Gasteiger partial charge is 0.409 e. The molecule has 1 unspecified atom stereocenters. The summed E-state index contributed by atoms with van der Waals surface area (Å²) in [6.07, 6.45) is 1.31. The highest BCUT2D eigenvalue weighted by Crippen LogP contribution is 2.13. The third-order valence-corrected chi connectivity index (χ3v) is 4.77. The van der Waals surface area contributed by atoms with Crippen LogP contribution in [0.15, 0.2) is 0 Å². The summed E-state index contributed by atoms with van der Waals surface area (Å²) in [6.45, 7) is 3.01. The van der Waals surface area contributed by atoms with E-state index in [2.05, 4.69) is 4.57 Å². The summed E-state index contributed by atoms with van der Waals surface area (Å²) < 4.78 is 7.82. The Morgan fingerprint density at radius 2 is 2.50 bits per heavy atom. The molecule has 0 spiro atoms. The Morgan fingerprint density at radius 3 is 3.10 bits per heavy atom. The Kier molecular flexibility index (Phi) is 3.34. The van der Waals surface area contributed by atoms with Crippen molar-refractivity contribution in [3.63, 3.8) is 0 Å². The molecule has 1 aliphatic heterocycles. The van der Waals surface area contributed by atoms with Gasteiger partial charge in [0.05, 0.1) is 0 Å². The van der Waals surface area contributed by atoms with E-state index < -0.39 is 9.20 Å². The van der Waals surface area contributed by atoms with Gasteiger partial charge in [-0.15, -0.1) is 0 Å². The number of nitrogens with zero attached hydrogens (tertiary/aromatic N) is 1. The predicted molar refractivity (Wildman–Crippen MR) is 44.2 cm³/mol. The van der Waals surface area contributed by atoms with Crippen molar-refractivity contribution in [1.29, 1.82) is 0 Å². The Balaban J connectivity index is 2.27. The second-order valence-electron chi connectivity index (χ2n) is 2.66. The van der Waals surface area contributed by atoms with Crippen molar-refractivity contribution in [1.82, 2.24) is 4.57 Å². The first kappa shape index (κ1) is 8.20. The summed E-state index contributed by atoms with van der Waals surface area (Å²) >= 11 is 0. The molecule has 0 aromatic carbocycles. The molecule has 1 heterocycles. The fourth-order valence-electron chi connectivity index (χ4n) is 1.48. The zero-order valence-corrected chi connectivity index (χ0v) is 7.70. The van der Waals surface area contributed by atoms with E-state index in [1.54, 1.807) is 0 Å². The van der Waals surface area contributed by atoms with Crippen molar-refractivity contribution >= 4 is 9.20 Å². The van der Waals surface area contributed by atoms with Gasteiger partial charge in [-0.05, 0) is 19.0 Å². The van der Waals surface area contributed by atoms with Crippen LogP contribution in [0.2, 0.25) is 6.04 Å². The average Bonchev–Trinajstić information content (AvgIpc) is 2.36. The van der Waals surface area contributed by atoms with Gasteiger partial charge >= 0.3 is 0 Å². The van der Waals surface area contributed by atoms with Crippen molar-refractivity contribution < 1.29 is 4.43 Å². The highest BCUT2D eigenvalue weighted by molar-refractivity contribution is 6.49. The van der Waals surface area contributed by atoms with Gasteiger partial charge in [0.15, 0.2) is 0 Å². The third kappa shape index (κ3) is 1.79. The van der Waals surface area contributed by atoms with Gasteiger partial charge in [-0.25, -0.2) is 0 Å². The SMILES string of the molecule is CO[SiH]1CCCN1CCN. The second-order valence-corrected chi connectivity index (χ2v) is 5.35. The molecule has 1 rings (SSSR count). The van der Waals surface area contributed by atoms with Gasteiger partial charge in [-0.1, -0.05) is 0 Å². The molecule has 1 fully saturated rings. The lowest BCUT2D eigenvalue weighted by Gasteiger charge is -2.20. The van der Waals surface area contributed by atoms with Crippen LogP contribution in [0.25, 0.3) is 0 Å². The van der Waals surface area contributed by atoms with E-state index >= 15 is 0 Å². The van der Waals surface area contributed by atoms with Crippen LogP contribution in [0.4, 0.5) is 0 Å². The van der Waals surface area contributed by atoms with Gasteiger partial charge in [0.25, 0.3) is 9.20 Å². The lowest BCUT2D eigenvalue weighted by molar-refractivity contribution is 0.344. The summed E-state index contributed by atoms with van der Waals surface area (Å²) in [5.74, 6) is 0. The van der Waals surface area contributed by atoms with Crippen LogP contribution in [0, 0.1) is 0 Å². The maximum Gasteiger partial charge on any atom is 0.254 e. The van der Waals surface area contributed by atoms with Gasteiger partial charge in [0.2, 0.25) is 0 Å². The van der Waals surface area contributed by atoms with Gasteiger partial charge in [0, 0.05) is 20.2 Å². The molecule has 1 aliphatic rings. The molecule has 1 atom stereocenters. The monoisotopic (exact) mass is 160 g/mol. The fraction of sp³-hybridized carbons (Fsp3) is 1.00. The van der Waals surface area contributed by atoms with E-state index in [9.17, 15) is 0 Å². The molecule has 3 nitrogen and oxygen atoms in total. The zero-order valence-electron chi connectivity index (χ0n) is 6.55. The standard InChI is InChI=1S/C6H16N2OSi/c1-9-10-6-2-4-8(10)5-3-7/h10H,2-7H2,1H3. The van der Waals surface area contributed by atoms with E-state index in [1.165, 1.54) is 19.0 Å². The maximum atomic E-state index is 5.45. The molecule has 0 aromatic heterocycles. The number of hydrogen-bond donors (Lipinski definition) is 1. The summed E-state index contributed by atoms with van der Waals surface area (Å²) in [6, 6.07) is 1.30. The second kappa shape index (κ2) is 4.08. The molecule has 2 N–H and O–H groups in total. The maximum absolute atomic E-state index is 5.45. The van der Waals surface area contributed by atoms with Crippen molar-refractivity contribution in [3.8, 4) is 0 Å². The summed E-state index contributed by atoms with van der Waals surface area (Å²) in [7, 11) is 0.886. The van der Waals surface area contributed by atoms with Crippen molar-refractivity contribution in [2.45, 2.75) is 12.5 Å². The molecule has 0 aliphatic carbocycles. The molecule has 4 heteroatoms. The Bertz CT molecular complexity index is 102. The lowest BCUT2D eigenvalue weighted by Crippen LogP contribution is -2.38. The lowest BCUT2D eigenvalue weighted by atomic mass is 10.5. The van der Waals surface area contributed by atoms with Crippen LogP contribution in [0.5, 0.6) is 0 Å². The van der Waals surface area contributed by atoms with E-state index in [4.69, 9.17) is 10.2 Å². The first-order chi connectivity index (χ1) is 4.88. The van der Waals surface area contributed by atoms with Crippen LogP contribution >= 0.6 is 0 Å². The molecule has 0 amide bonds. The quantitative estimate of drug-likeness (QED) is 0.567. The summed E-state index contributed by atoms with van der Waals surface area (Å²) in [4.78, 5) is 0. The van der Waals surface area contributed by atoms with Crippen molar-refractivity contribution in [2.24, 2.45) is 5.73 Å². The van der Waals surface area contributed by atoms with E-state index in [0.717, 1.165) is 13.1 Å². The summed E-state index contributed by atoms with van der Waals surface area (Å²) in [5, 5.41) is 0. The minimum Gasteiger partial charge on any atom is -0.409 e. The predicted octanol–water partition coefficient (Wildman–Crippen LogP) is -0.482. The van der Waals surface area contributed by atoms with Crippen LogP contribution in [0.1, 0.15) is 6.42 Å². The molecule has 0 radical (unpaired) electrons. The molecule has 1 saturated heterocycles. The molecule has 0 bridgehead atoms. The van der Waals surface area contributed by atoms with Crippen LogP contribution in [-0.2, 0) is 4.43 Å². The number of hydrogen-bond acceptors (Lipinski definition) is 3. The van der Waals surface area contributed by atoms with Crippen LogP contribution < -0.4 is 5.73 Å². The molecular formula is C6H16N2OSi. The molecule has 0 saturated carbocycles. The van der Waals surface area contributed by atoms with E-state index in [0.29, 0.717) is 0 Å². The average molecular weight is 160 g/mol. The first-order valence-electron chi connectivity index (χ1n) is 3.85. The molecular weight excluding hydrogens is 144 g/mol. The van der Waals surface area contributed by atoms with E-state index in [1.807, 2.05) is 7.11 Å². The Labute approximate surface area is 64.0 Å². The van der Waals surface area contributed by atoms with Gasteiger partial charge in [-0.3, -0.25) is 0 Å². The van der Waals surface area contributed by atoms with Crippen LogP contribution in [-0.4, -0.2) is 40.5 Å². The van der Waals surface area contributed by atoms with E-state index in [-0.39, 0.29) is 0 Å². The van der Waals surface area contributed by atoms with Gasteiger partial charge in [0.1, 0.15) is 0 Å². The van der Waals surface area contributed by atoms with Gasteiger partial charge in [-0.2, -0.15) is 0 Å². The topological polar surface area (TPSA) is 38.5 Å². The smallest absolute Gasteiger partial charge is 0.254 e. The normalized spacial score (nSPS) is 27.6. The zero-order chi connectivity index (χ0) is 7.40. The Morgan fingerprint density at radius 1 is 1.70 bits per heavy atom. The van der Waals surface area contributed by atoms with Crippen molar-refractivity contribution in [2.75, 3.05) is 26.7 Å². The molecule has 0 aromatic rings. The minimum absolute atomic E-state index is 0.771.